The number of thioether (sulfide) groups is 1. The van der Waals surface area contributed by atoms with Crippen LogP contribution in [0.15, 0.2) is 0 Å². The molecule has 9 nitrogen and oxygen atoms in total. The fourth-order valence-corrected chi connectivity index (χ4v) is 3.52. The highest BCUT2D eigenvalue weighted by molar-refractivity contribution is 7.98. The van der Waals surface area contributed by atoms with Crippen molar-refractivity contribution in [2.24, 2.45) is 11.7 Å². The van der Waals surface area contributed by atoms with E-state index >= 15 is 0 Å². The molecule has 1 fully saturated rings. The van der Waals surface area contributed by atoms with Crippen LogP contribution in [0.1, 0.15) is 40.0 Å². The maximum atomic E-state index is 12.8. The number of aliphatic carboxylic acids is 1. The Kier molecular flexibility index (Phi) is 9.74. The van der Waals surface area contributed by atoms with Gasteiger partial charge in [-0.25, -0.2) is 0 Å². The van der Waals surface area contributed by atoms with Crippen LogP contribution in [0.3, 0.4) is 0 Å². The van der Waals surface area contributed by atoms with Gasteiger partial charge in [0.05, 0.1) is 6.04 Å². The summed E-state index contributed by atoms with van der Waals surface area (Å²) in [6.07, 6.45) is 3.67. The molecule has 1 rings (SSSR count). The Morgan fingerprint density at radius 3 is 2.39 bits per heavy atom. The second kappa shape index (κ2) is 11.3. The number of nitrogens with two attached hydrogens (primary N) is 1. The number of carbonyl (C=O) groups is 4. The fraction of sp³-hybridized carbons (Fsp3) is 0.778. The van der Waals surface area contributed by atoms with Crippen LogP contribution in [0.5, 0.6) is 0 Å². The van der Waals surface area contributed by atoms with E-state index in [9.17, 15) is 19.2 Å². The maximum absolute atomic E-state index is 12.8. The molecular weight excluding hydrogens is 384 g/mol. The predicted molar refractivity (Wildman–Crippen MR) is 108 cm³/mol. The van der Waals surface area contributed by atoms with E-state index in [0.29, 0.717) is 25.8 Å². The van der Waals surface area contributed by atoms with Gasteiger partial charge in [-0.1, -0.05) is 13.8 Å². The minimum atomic E-state index is -1.16. The molecule has 160 valence electrons. The van der Waals surface area contributed by atoms with Crippen molar-refractivity contribution in [2.75, 3.05) is 18.6 Å². The molecule has 0 spiro atoms. The second-order valence-corrected chi connectivity index (χ2v) is 8.36. The van der Waals surface area contributed by atoms with E-state index in [1.54, 1.807) is 25.6 Å². The zero-order valence-electron chi connectivity index (χ0n) is 16.9. The number of likely N-dealkylation sites (tertiary alicyclic amines) is 1. The molecule has 0 saturated carbocycles. The summed E-state index contributed by atoms with van der Waals surface area (Å²) in [6, 6.07) is -3.28. The monoisotopic (exact) mass is 416 g/mol. The minimum absolute atomic E-state index is 0.251. The molecule has 0 aromatic rings. The van der Waals surface area contributed by atoms with E-state index in [2.05, 4.69) is 10.6 Å². The summed E-state index contributed by atoms with van der Waals surface area (Å²) >= 11 is 1.60. The lowest BCUT2D eigenvalue weighted by Crippen LogP contribution is -2.57. The molecule has 0 radical (unpaired) electrons. The van der Waals surface area contributed by atoms with Gasteiger partial charge in [0.2, 0.25) is 17.7 Å². The number of carboxylic acids is 1. The highest BCUT2D eigenvalue weighted by Gasteiger charge is 2.38. The van der Waals surface area contributed by atoms with Crippen molar-refractivity contribution >= 4 is 35.5 Å². The van der Waals surface area contributed by atoms with Crippen molar-refractivity contribution in [3.8, 4) is 0 Å². The van der Waals surface area contributed by atoms with E-state index in [1.807, 2.05) is 6.26 Å². The highest BCUT2D eigenvalue weighted by atomic mass is 32.2. The number of hydrogen-bond donors (Lipinski definition) is 4. The van der Waals surface area contributed by atoms with Gasteiger partial charge in [-0.15, -0.1) is 0 Å². The average molecular weight is 417 g/mol. The highest BCUT2D eigenvalue weighted by Crippen LogP contribution is 2.20. The number of carbonyl (C=O) groups excluding carboxylic acids is 3. The topological polar surface area (TPSA) is 142 Å². The molecule has 1 aliphatic rings. The van der Waals surface area contributed by atoms with Crippen molar-refractivity contribution < 1.29 is 24.3 Å². The molecule has 1 heterocycles. The van der Waals surface area contributed by atoms with Crippen molar-refractivity contribution in [1.29, 1.82) is 0 Å². The van der Waals surface area contributed by atoms with Crippen molar-refractivity contribution in [3.05, 3.63) is 0 Å². The molecule has 1 aliphatic heterocycles. The van der Waals surface area contributed by atoms with Gasteiger partial charge in [0, 0.05) is 6.54 Å². The number of hydrogen-bond acceptors (Lipinski definition) is 6. The lowest BCUT2D eigenvalue weighted by Gasteiger charge is -2.29. The minimum Gasteiger partial charge on any atom is -0.480 e. The number of rotatable bonds is 10. The SMILES string of the molecule is CSCCC(N)C(=O)N1CCCC1C(=O)NC(C(=O)NC(C)C(=O)O)C(C)C. The first-order valence-electron chi connectivity index (χ1n) is 9.48. The van der Waals surface area contributed by atoms with Crippen LogP contribution >= 0.6 is 11.8 Å². The van der Waals surface area contributed by atoms with Gasteiger partial charge in [0.1, 0.15) is 18.1 Å². The molecule has 0 bridgehead atoms. The summed E-state index contributed by atoms with van der Waals surface area (Å²) < 4.78 is 0. The van der Waals surface area contributed by atoms with Crippen LogP contribution in [0.2, 0.25) is 0 Å². The summed E-state index contributed by atoms with van der Waals surface area (Å²) in [5.41, 5.74) is 5.97. The van der Waals surface area contributed by atoms with E-state index in [1.165, 1.54) is 11.8 Å². The first-order valence-corrected chi connectivity index (χ1v) is 10.9. The largest absolute Gasteiger partial charge is 0.480 e. The van der Waals surface area contributed by atoms with Crippen LogP contribution in [0.4, 0.5) is 0 Å². The number of nitrogens with one attached hydrogen (secondary N) is 2. The fourth-order valence-electron chi connectivity index (χ4n) is 3.03. The number of amides is 3. The molecule has 3 amide bonds. The maximum Gasteiger partial charge on any atom is 0.325 e. The molecule has 5 N–H and O–H groups in total. The van der Waals surface area contributed by atoms with Crippen molar-refractivity contribution in [1.82, 2.24) is 15.5 Å². The van der Waals surface area contributed by atoms with Crippen molar-refractivity contribution in [3.63, 3.8) is 0 Å². The molecule has 4 unspecified atom stereocenters. The van der Waals surface area contributed by atoms with Gasteiger partial charge in [-0.2, -0.15) is 11.8 Å². The standard InChI is InChI=1S/C18H32N4O5S/c1-10(2)14(16(24)20-11(3)18(26)27)21-15(23)13-6-5-8-22(13)17(25)12(19)7-9-28-4/h10-14H,5-9,19H2,1-4H3,(H,20,24)(H,21,23)(H,26,27). The van der Waals surface area contributed by atoms with Crippen LogP contribution in [0.25, 0.3) is 0 Å². The normalized spacial score (nSPS) is 19.8. The van der Waals surface area contributed by atoms with Crippen LogP contribution in [-0.4, -0.2) is 76.4 Å². The molecule has 4 atom stereocenters. The Balaban J connectivity index is 2.79. The zero-order valence-corrected chi connectivity index (χ0v) is 17.8. The van der Waals surface area contributed by atoms with Gasteiger partial charge in [0.15, 0.2) is 0 Å². The third-order valence-electron chi connectivity index (χ3n) is 4.76. The lowest BCUT2D eigenvalue weighted by atomic mass is 10.0. The Labute approximate surface area is 170 Å². The van der Waals surface area contributed by atoms with E-state index in [4.69, 9.17) is 10.8 Å². The van der Waals surface area contributed by atoms with Gasteiger partial charge in [-0.05, 0) is 44.1 Å². The van der Waals surface area contributed by atoms with Gasteiger partial charge in [0.25, 0.3) is 0 Å². The van der Waals surface area contributed by atoms with E-state index in [0.717, 1.165) is 5.75 Å². The van der Waals surface area contributed by atoms with Gasteiger partial charge in [-0.3, -0.25) is 19.2 Å². The van der Waals surface area contributed by atoms with E-state index in [-0.39, 0.29) is 11.8 Å². The summed E-state index contributed by atoms with van der Waals surface area (Å²) in [5.74, 6) is -1.88. The molecule has 0 aromatic heterocycles. The average Bonchev–Trinajstić information content (AvgIpc) is 3.12. The molecule has 0 aliphatic carbocycles. The number of carboxylic acid groups (broad SMARTS) is 1. The first-order chi connectivity index (χ1) is 13.1. The summed E-state index contributed by atoms with van der Waals surface area (Å²) in [6.45, 7) is 5.32. The second-order valence-electron chi connectivity index (χ2n) is 7.38. The third kappa shape index (κ3) is 6.66. The summed E-state index contributed by atoms with van der Waals surface area (Å²) in [5, 5.41) is 14.0. The molecule has 10 heteroatoms. The first kappa shape index (κ1) is 24.2. The smallest absolute Gasteiger partial charge is 0.325 e. The summed E-state index contributed by atoms with van der Waals surface area (Å²) in [4.78, 5) is 50.2. The van der Waals surface area contributed by atoms with Crippen LogP contribution in [0, 0.1) is 5.92 Å². The van der Waals surface area contributed by atoms with E-state index < -0.39 is 42.0 Å². The Morgan fingerprint density at radius 1 is 1.21 bits per heavy atom. The Bertz CT molecular complexity index is 586. The molecule has 28 heavy (non-hydrogen) atoms. The van der Waals surface area contributed by atoms with Crippen LogP contribution < -0.4 is 16.4 Å². The predicted octanol–water partition coefficient (Wildman–Crippen LogP) is -0.212. The van der Waals surface area contributed by atoms with Crippen LogP contribution in [-0.2, 0) is 19.2 Å². The lowest BCUT2D eigenvalue weighted by molar-refractivity contribution is -0.143. The molecular formula is C18H32N4O5S. The van der Waals surface area contributed by atoms with Gasteiger partial charge < -0.3 is 26.4 Å². The molecule has 1 saturated heterocycles. The van der Waals surface area contributed by atoms with Crippen molar-refractivity contribution in [2.45, 2.75) is 64.2 Å². The Hall–Kier alpha value is -1.81. The third-order valence-corrected chi connectivity index (χ3v) is 5.41. The summed E-state index contributed by atoms with van der Waals surface area (Å²) in [7, 11) is 0. The number of nitrogens with zero attached hydrogens (tertiary/aromatic N) is 1. The quantitative estimate of drug-likeness (QED) is 0.386. The van der Waals surface area contributed by atoms with Gasteiger partial charge >= 0.3 is 5.97 Å². The zero-order chi connectivity index (χ0) is 21.4. The Morgan fingerprint density at radius 2 is 1.86 bits per heavy atom. The molecule has 0 aromatic carbocycles.